The van der Waals surface area contributed by atoms with Crippen molar-refractivity contribution in [3.8, 4) is 0 Å². The number of alkyl halides is 1. The van der Waals surface area contributed by atoms with Crippen LogP contribution in [0.2, 0.25) is 0 Å². The van der Waals surface area contributed by atoms with Crippen LogP contribution in [0.4, 0.5) is 0 Å². The van der Waals surface area contributed by atoms with Crippen LogP contribution in [0.5, 0.6) is 0 Å². The van der Waals surface area contributed by atoms with E-state index in [1.165, 1.54) is 0 Å². The van der Waals surface area contributed by atoms with Crippen LogP contribution in [0, 0.1) is 0 Å². The summed E-state index contributed by atoms with van der Waals surface area (Å²) in [4.78, 5) is 0. The van der Waals surface area contributed by atoms with Crippen LogP contribution >= 0.6 is 19.0 Å². The summed E-state index contributed by atoms with van der Waals surface area (Å²) in [6.45, 7) is 3.76. The van der Waals surface area contributed by atoms with E-state index in [4.69, 9.17) is 16.1 Å². The van der Waals surface area contributed by atoms with Crippen molar-refractivity contribution in [1.82, 2.24) is 0 Å². The lowest BCUT2D eigenvalue weighted by molar-refractivity contribution is 0.0777. The Labute approximate surface area is 77.5 Å². The van der Waals surface area contributed by atoms with Gasteiger partial charge in [0.15, 0.2) is 0 Å². The Hall–Kier alpha value is 0.440. The van der Waals surface area contributed by atoms with Gasteiger partial charge in [0.1, 0.15) is 5.12 Å². The summed E-state index contributed by atoms with van der Waals surface area (Å²) in [6.07, 6.45) is 0.848. The third kappa shape index (κ3) is 1.69. The monoisotopic (exact) mass is 212 g/mol. The molecule has 1 rings (SSSR count). The summed E-state index contributed by atoms with van der Waals surface area (Å²) in [6, 6.07) is 0. The molecule has 0 aromatic rings. The van der Waals surface area contributed by atoms with Gasteiger partial charge in [0.25, 0.3) is 0 Å². The average Bonchev–Trinajstić information content (AvgIpc) is 2.17. The Morgan fingerprint density at radius 2 is 2.42 bits per heavy atom. The number of halogens is 1. The second-order valence-corrected chi connectivity index (χ2v) is 6.73. The molecule has 1 fully saturated rings. The summed E-state index contributed by atoms with van der Waals surface area (Å²) in [5.41, 5.74) is -1.04. The molecule has 1 aliphatic rings. The highest BCUT2D eigenvalue weighted by Gasteiger charge is 2.51. The zero-order valence-electron chi connectivity index (χ0n) is 7.29. The fourth-order valence-corrected chi connectivity index (χ4v) is 4.62. The standard InChI is InChI=1S/C7H14ClO3P/c1-3-11-12(10)5-4-7(2,9)6(12)8/h6,9H,3-5H2,1-2H3. The molecule has 1 N–H and O–H groups in total. The zero-order valence-corrected chi connectivity index (χ0v) is 8.94. The zero-order chi connectivity index (χ0) is 9.41. The number of rotatable bonds is 2. The lowest BCUT2D eigenvalue weighted by Crippen LogP contribution is -2.29. The van der Waals surface area contributed by atoms with Crippen LogP contribution in [0.3, 0.4) is 0 Å². The van der Waals surface area contributed by atoms with Gasteiger partial charge in [-0.3, -0.25) is 4.57 Å². The average molecular weight is 213 g/mol. The normalized spacial score (nSPS) is 48.2. The van der Waals surface area contributed by atoms with Gasteiger partial charge in [-0.15, -0.1) is 11.6 Å². The van der Waals surface area contributed by atoms with Gasteiger partial charge in [0.2, 0.25) is 7.37 Å². The molecule has 5 heteroatoms. The molecule has 1 saturated heterocycles. The summed E-state index contributed by atoms with van der Waals surface area (Å²) in [7, 11) is -2.77. The minimum Gasteiger partial charge on any atom is -0.388 e. The van der Waals surface area contributed by atoms with Gasteiger partial charge in [-0.05, 0) is 20.3 Å². The molecule has 3 unspecified atom stereocenters. The van der Waals surface area contributed by atoms with Crippen LogP contribution in [-0.2, 0) is 9.09 Å². The molecule has 0 aromatic carbocycles. The van der Waals surface area contributed by atoms with Crippen molar-refractivity contribution in [2.24, 2.45) is 0 Å². The molecule has 0 aliphatic carbocycles. The van der Waals surface area contributed by atoms with Crippen molar-refractivity contribution >= 4 is 19.0 Å². The molecule has 1 heterocycles. The second-order valence-electron chi connectivity index (χ2n) is 3.31. The van der Waals surface area contributed by atoms with Crippen LogP contribution < -0.4 is 0 Å². The van der Waals surface area contributed by atoms with Crippen LogP contribution in [-0.4, -0.2) is 28.6 Å². The maximum atomic E-state index is 11.8. The second kappa shape index (κ2) is 3.30. The molecule has 0 bridgehead atoms. The lowest BCUT2D eigenvalue weighted by atomic mass is 10.1. The first-order chi connectivity index (χ1) is 5.42. The molecule has 3 nitrogen and oxygen atoms in total. The molecule has 12 heavy (non-hydrogen) atoms. The molecule has 0 radical (unpaired) electrons. The van der Waals surface area contributed by atoms with Gasteiger partial charge >= 0.3 is 0 Å². The van der Waals surface area contributed by atoms with E-state index in [0.29, 0.717) is 19.2 Å². The molecular formula is C7H14ClO3P. The Balaban J connectivity index is 2.78. The smallest absolute Gasteiger partial charge is 0.223 e. The van der Waals surface area contributed by atoms with Crippen molar-refractivity contribution in [2.45, 2.75) is 31.0 Å². The number of aliphatic hydroxyl groups is 1. The first-order valence-electron chi connectivity index (χ1n) is 4.02. The SMILES string of the molecule is CCOP1(=O)CCC(C)(O)C1Cl. The first kappa shape index (κ1) is 10.5. The molecule has 0 aromatic heterocycles. The first-order valence-corrected chi connectivity index (χ1v) is 6.33. The van der Waals surface area contributed by atoms with E-state index in [1.807, 2.05) is 0 Å². The largest absolute Gasteiger partial charge is 0.388 e. The maximum Gasteiger partial charge on any atom is 0.223 e. The highest BCUT2D eigenvalue weighted by atomic mass is 35.5. The molecule has 0 saturated carbocycles. The Bertz CT molecular complexity index is 217. The fourth-order valence-electron chi connectivity index (χ4n) is 1.39. The number of hydrogen-bond donors (Lipinski definition) is 1. The van der Waals surface area contributed by atoms with Crippen molar-refractivity contribution in [3.63, 3.8) is 0 Å². The molecule has 1 aliphatic heterocycles. The van der Waals surface area contributed by atoms with Gasteiger partial charge in [-0.2, -0.15) is 0 Å². The third-order valence-corrected chi connectivity index (χ3v) is 6.29. The van der Waals surface area contributed by atoms with Gasteiger partial charge < -0.3 is 9.63 Å². The summed E-state index contributed by atoms with van der Waals surface area (Å²) < 4.78 is 16.9. The van der Waals surface area contributed by atoms with E-state index < -0.39 is 18.1 Å². The van der Waals surface area contributed by atoms with E-state index in [-0.39, 0.29) is 0 Å². The molecule has 0 spiro atoms. The number of hydrogen-bond acceptors (Lipinski definition) is 3. The van der Waals surface area contributed by atoms with Crippen LogP contribution in [0.1, 0.15) is 20.3 Å². The van der Waals surface area contributed by atoms with E-state index in [1.54, 1.807) is 13.8 Å². The van der Waals surface area contributed by atoms with E-state index in [2.05, 4.69) is 0 Å². The minimum atomic E-state index is -2.77. The maximum absolute atomic E-state index is 11.8. The molecule has 3 atom stereocenters. The van der Waals surface area contributed by atoms with Crippen molar-refractivity contribution in [2.75, 3.05) is 12.8 Å². The quantitative estimate of drug-likeness (QED) is 0.563. The Morgan fingerprint density at radius 1 is 1.83 bits per heavy atom. The van der Waals surface area contributed by atoms with Gasteiger partial charge in [-0.25, -0.2) is 0 Å². The molecular weight excluding hydrogens is 199 g/mol. The highest BCUT2D eigenvalue weighted by molar-refractivity contribution is 7.62. The van der Waals surface area contributed by atoms with Crippen molar-refractivity contribution in [3.05, 3.63) is 0 Å². The van der Waals surface area contributed by atoms with Gasteiger partial charge in [0.05, 0.1) is 12.2 Å². The minimum absolute atomic E-state index is 0.385. The lowest BCUT2D eigenvalue weighted by Gasteiger charge is -2.22. The van der Waals surface area contributed by atoms with Gasteiger partial charge in [0, 0.05) is 6.16 Å². The van der Waals surface area contributed by atoms with E-state index in [9.17, 15) is 9.67 Å². The van der Waals surface area contributed by atoms with Crippen molar-refractivity contribution in [1.29, 1.82) is 0 Å². The predicted molar refractivity (Wildman–Crippen MR) is 49.0 cm³/mol. The highest BCUT2D eigenvalue weighted by Crippen LogP contribution is 2.63. The van der Waals surface area contributed by atoms with E-state index in [0.717, 1.165) is 0 Å². The molecule has 72 valence electrons. The van der Waals surface area contributed by atoms with E-state index >= 15 is 0 Å². The van der Waals surface area contributed by atoms with Crippen LogP contribution in [0.25, 0.3) is 0 Å². The predicted octanol–water partition coefficient (Wildman–Crippen LogP) is 2.02. The molecule has 0 amide bonds. The summed E-state index contributed by atoms with van der Waals surface area (Å²) >= 11 is 5.85. The topological polar surface area (TPSA) is 46.5 Å². The van der Waals surface area contributed by atoms with Gasteiger partial charge in [-0.1, -0.05) is 0 Å². The van der Waals surface area contributed by atoms with Crippen LogP contribution in [0.15, 0.2) is 0 Å². The third-order valence-electron chi connectivity index (χ3n) is 2.14. The Morgan fingerprint density at radius 3 is 2.75 bits per heavy atom. The summed E-state index contributed by atoms with van der Waals surface area (Å²) in [5.74, 6) is 0. The summed E-state index contributed by atoms with van der Waals surface area (Å²) in [5, 5.41) is 8.90. The van der Waals surface area contributed by atoms with Crippen molar-refractivity contribution < 1.29 is 14.2 Å². The Kier molecular flexibility index (Phi) is 2.89. The fraction of sp³-hybridized carbons (Fsp3) is 1.00.